The minimum Gasteiger partial charge on any atom is -0.489 e. The van der Waals surface area contributed by atoms with Crippen LogP contribution in [0.3, 0.4) is 0 Å². The van der Waals surface area contributed by atoms with Crippen molar-refractivity contribution < 1.29 is 31.1 Å². The van der Waals surface area contributed by atoms with Gasteiger partial charge in [0, 0.05) is 43.0 Å². The maximum atomic E-state index is 17.2. The summed E-state index contributed by atoms with van der Waals surface area (Å²) in [4.78, 5) is 13.3. The van der Waals surface area contributed by atoms with Crippen molar-refractivity contribution in [3.63, 3.8) is 0 Å². The number of nitrogens with zero attached hydrogens (tertiary/aromatic N) is 6. The number of nitrogens with two attached hydrogens (primary N) is 1. The van der Waals surface area contributed by atoms with Crippen LogP contribution in [0.1, 0.15) is 31.2 Å². The van der Waals surface area contributed by atoms with E-state index in [1.807, 2.05) is 11.0 Å². The summed E-state index contributed by atoms with van der Waals surface area (Å²) in [5, 5.41) is 10.2. The summed E-state index contributed by atoms with van der Waals surface area (Å²) in [7, 11) is -3.47. The molecule has 2 aromatic carbocycles. The molecule has 49 heavy (non-hydrogen) atoms. The van der Waals surface area contributed by atoms with Gasteiger partial charge in [-0.1, -0.05) is 17.7 Å². The van der Waals surface area contributed by atoms with E-state index in [9.17, 15) is 22.5 Å². The summed E-state index contributed by atoms with van der Waals surface area (Å²) >= 11 is 7.88. The molecule has 11 nitrogen and oxygen atoms in total. The lowest BCUT2D eigenvalue weighted by Crippen LogP contribution is -2.43. The fourth-order valence-electron chi connectivity index (χ4n) is 8.01. The largest absolute Gasteiger partial charge is 0.489 e. The molecule has 4 aromatic rings. The molecule has 2 aromatic heterocycles. The molecule has 3 saturated heterocycles. The van der Waals surface area contributed by atoms with Gasteiger partial charge in [-0.3, -0.25) is 4.90 Å². The quantitative estimate of drug-likeness (QED) is 0.286. The van der Waals surface area contributed by atoms with Crippen LogP contribution in [-0.4, -0.2) is 97.5 Å². The minimum atomic E-state index is -3.47. The number of halogens is 4. The third-order valence-electron chi connectivity index (χ3n) is 10.3. The van der Waals surface area contributed by atoms with E-state index in [0.717, 1.165) is 43.0 Å². The minimum absolute atomic E-state index is 0.00445. The lowest BCUT2D eigenvalue weighted by Gasteiger charge is -2.31. The monoisotopic (exact) mass is 733 g/mol. The van der Waals surface area contributed by atoms with Crippen LogP contribution in [0.4, 0.5) is 24.0 Å². The highest BCUT2D eigenvalue weighted by Crippen LogP contribution is 2.51. The third kappa shape index (κ3) is 5.15. The van der Waals surface area contributed by atoms with Gasteiger partial charge in [-0.25, -0.2) is 25.9 Å². The molecule has 0 saturated carbocycles. The summed E-state index contributed by atoms with van der Waals surface area (Å²) in [6.07, 6.45) is 2.59. The first-order valence-electron chi connectivity index (χ1n) is 15.9. The van der Waals surface area contributed by atoms with Gasteiger partial charge >= 0.3 is 6.01 Å². The molecule has 1 unspecified atom stereocenters. The average molecular weight is 734 g/mol. The van der Waals surface area contributed by atoms with Gasteiger partial charge in [0.15, 0.2) is 11.6 Å². The molecule has 3 fully saturated rings. The molecule has 6 heterocycles. The number of rotatable bonds is 6. The first kappa shape index (κ1) is 32.6. The predicted molar refractivity (Wildman–Crippen MR) is 181 cm³/mol. The number of fused-ring (bicyclic) bond motifs is 2. The summed E-state index contributed by atoms with van der Waals surface area (Å²) in [6, 6.07) is 4.04. The van der Waals surface area contributed by atoms with Crippen molar-refractivity contribution in [1.82, 2.24) is 19.2 Å². The first-order valence-corrected chi connectivity index (χ1v) is 18.9. The van der Waals surface area contributed by atoms with Crippen LogP contribution in [0.25, 0.3) is 32.1 Å². The van der Waals surface area contributed by atoms with E-state index in [1.165, 1.54) is 10.4 Å². The highest BCUT2D eigenvalue weighted by Gasteiger charge is 2.49. The molecular formula is C32H31ClF3N7O4S2. The maximum Gasteiger partial charge on any atom is 0.319 e. The van der Waals surface area contributed by atoms with Crippen LogP contribution in [0.2, 0.25) is 5.02 Å². The third-order valence-corrected chi connectivity index (χ3v) is 12.9. The zero-order valence-corrected chi connectivity index (χ0v) is 28.7. The first-order chi connectivity index (χ1) is 23.4. The molecule has 258 valence electrons. The van der Waals surface area contributed by atoms with E-state index in [-0.39, 0.29) is 97.6 Å². The maximum absolute atomic E-state index is 17.2. The molecule has 0 radical (unpaired) electrons. The Kier molecular flexibility index (Phi) is 7.80. The van der Waals surface area contributed by atoms with Crippen molar-refractivity contribution in [2.45, 2.75) is 43.4 Å². The molecule has 4 aliphatic rings. The Morgan fingerprint density at radius 2 is 2.04 bits per heavy atom. The molecule has 3 atom stereocenters. The average Bonchev–Trinajstić information content (AvgIpc) is 3.81. The van der Waals surface area contributed by atoms with Crippen molar-refractivity contribution in [3.05, 3.63) is 34.4 Å². The van der Waals surface area contributed by atoms with Gasteiger partial charge in [0.05, 0.1) is 39.0 Å². The number of ether oxygens (including phenoxy) is 2. The highest BCUT2D eigenvalue weighted by molar-refractivity contribution is 7.88. The van der Waals surface area contributed by atoms with Gasteiger partial charge in [-0.15, -0.1) is 11.3 Å². The predicted octanol–water partition coefficient (Wildman–Crippen LogP) is 5.08. The highest BCUT2D eigenvalue weighted by atomic mass is 35.5. The van der Waals surface area contributed by atoms with Crippen molar-refractivity contribution in [2.24, 2.45) is 0 Å². The Bertz CT molecular complexity index is 2200. The zero-order valence-electron chi connectivity index (χ0n) is 26.3. The fraction of sp³-hybridized carbons (Fsp3) is 0.469. The molecule has 0 spiro atoms. The van der Waals surface area contributed by atoms with E-state index in [1.54, 1.807) is 0 Å². The molecular weight excluding hydrogens is 703 g/mol. The number of sulfonamides is 1. The van der Waals surface area contributed by atoms with Crippen LogP contribution in [0, 0.1) is 23.0 Å². The Morgan fingerprint density at radius 3 is 2.80 bits per heavy atom. The second kappa shape index (κ2) is 11.7. The van der Waals surface area contributed by atoms with Gasteiger partial charge < -0.3 is 20.1 Å². The number of hydrogen-bond acceptors (Lipinski definition) is 11. The standard InChI is InChI=1S/C32H31ClF3N7O4S2/c1-49(44,45)42-8-5-17(14-42)43-9-10-46-27-23-26(39-31(40-30(23)43)47-15-32-6-2-7-41(32)13-16(34)11-32)25(36)22(24(27)33)18-3-4-20(35)28-21(18)19(12-37)29(38)48-28/h3-4,16-17H,2,5-11,13-15,38H2,1H3/t16-,17?,32+/m1/s1. The number of alkyl halides is 1. The molecule has 17 heteroatoms. The number of thiophene rings is 1. The second-order valence-electron chi connectivity index (χ2n) is 13.1. The lowest BCUT2D eigenvalue weighted by atomic mass is 9.95. The fourth-order valence-corrected chi connectivity index (χ4v) is 10.2. The van der Waals surface area contributed by atoms with E-state index in [2.05, 4.69) is 9.88 Å². The summed E-state index contributed by atoms with van der Waals surface area (Å²) in [5.74, 6) is -1.15. The van der Waals surface area contributed by atoms with E-state index < -0.39 is 33.4 Å². The number of nitrogen functional groups attached to an aromatic ring is 1. The van der Waals surface area contributed by atoms with Crippen molar-refractivity contribution in [2.75, 3.05) is 62.8 Å². The van der Waals surface area contributed by atoms with Crippen LogP contribution in [0.15, 0.2) is 12.1 Å². The Hall–Kier alpha value is -3.62. The van der Waals surface area contributed by atoms with Gasteiger partial charge in [-0.05, 0) is 37.4 Å². The molecule has 0 aliphatic carbocycles. The lowest BCUT2D eigenvalue weighted by molar-refractivity contribution is 0.107. The van der Waals surface area contributed by atoms with Crippen LogP contribution in [0.5, 0.6) is 11.8 Å². The van der Waals surface area contributed by atoms with E-state index >= 15 is 4.39 Å². The zero-order chi connectivity index (χ0) is 34.4. The molecule has 4 aliphatic heterocycles. The molecule has 0 bridgehead atoms. The molecule has 2 N–H and O–H groups in total. The van der Waals surface area contributed by atoms with Gasteiger partial charge in [-0.2, -0.15) is 15.2 Å². The van der Waals surface area contributed by atoms with Gasteiger partial charge in [0.25, 0.3) is 0 Å². The van der Waals surface area contributed by atoms with Crippen molar-refractivity contribution >= 4 is 64.8 Å². The molecule has 0 amide bonds. The number of hydrogen-bond donors (Lipinski definition) is 1. The topological polar surface area (TPSA) is 138 Å². The Balaban J connectivity index is 1.33. The number of nitriles is 1. The number of aromatic nitrogens is 2. The summed E-state index contributed by atoms with van der Waals surface area (Å²) in [5.41, 5.74) is 5.33. The second-order valence-corrected chi connectivity index (χ2v) is 16.5. The SMILES string of the molecule is CS(=O)(=O)N1CCC(N2CCOc3c(Cl)c(-c4ccc(F)c5sc(N)c(C#N)c45)c(F)c4nc(OC[C@@]56CCCN5C[C@H](F)C6)nc2c34)C1. The van der Waals surface area contributed by atoms with Crippen LogP contribution in [-0.2, 0) is 10.0 Å². The van der Waals surface area contributed by atoms with Crippen LogP contribution < -0.4 is 20.1 Å². The van der Waals surface area contributed by atoms with Gasteiger partial charge in [0.2, 0.25) is 10.0 Å². The number of benzene rings is 2. The normalized spacial score (nSPS) is 24.4. The Morgan fingerprint density at radius 1 is 1.22 bits per heavy atom. The van der Waals surface area contributed by atoms with E-state index in [0.29, 0.717) is 25.9 Å². The van der Waals surface area contributed by atoms with Gasteiger partial charge in [0.1, 0.15) is 47.6 Å². The van der Waals surface area contributed by atoms with Crippen molar-refractivity contribution in [1.29, 1.82) is 5.26 Å². The van der Waals surface area contributed by atoms with Crippen LogP contribution >= 0.6 is 22.9 Å². The summed E-state index contributed by atoms with van der Waals surface area (Å²) in [6.45, 7) is 2.00. The Labute approximate surface area is 289 Å². The van der Waals surface area contributed by atoms with E-state index in [4.69, 9.17) is 31.8 Å². The smallest absolute Gasteiger partial charge is 0.319 e. The van der Waals surface area contributed by atoms with Crippen molar-refractivity contribution in [3.8, 4) is 29.0 Å². The number of anilines is 2. The summed E-state index contributed by atoms with van der Waals surface area (Å²) < 4.78 is 85.4. The molecule has 8 rings (SSSR count).